The predicted octanol–water partition coefficient (Wildman–Crippen LogP) is 1.87. The Hall–Kier alpha value is -1.76. The summed E-state index contributed by atoms with van der Waals surface area (Å²) in [5, 5.41) is 7.01. The molecule has 2 aromatic rings. The van der Waals surface area contributed by atoms with Crippen molar-refractivity contribution < 1.29 is 9.53 Å². The van der Waals surface area contributed by atoms with E-state index in [1.807, 2.05) is 22.9 Å². The summed E-state index contributed by atoms with van der Waals surface area (Å²) in [5.41, 5.74) is 2.54. The summed E-state index contributed by atoms with van der Waals surface area (Å²) in [7, 11) is 0. The number of amides is 1. The van der Waals surface area contributed by atoms with Gasteiger partial charge in [-0.2, -0.15) is 11.3 Å². The molecule has 1 saturated heterocycles. The van der Waals surface area contributed by atoms with Crippen molar-refractivity contribution in [3.63, 3.8) is 0 Å². The minimum absolute atomic E-state index is 0.0489. The van der Waals surface area contributed by atoms with E-state index >= 15 is 0 Å². The second kappa shape index (κ2) is 7.49. The van der Waals surface area contributed by atoms with Crippen molar-refractivity contribution >= 4 is 17.2 Å². The van der Waals surface area contributed by atoms with E-state index in [0.29, 0.717) is 12.1 Å². The van der Waals surface area contributed by atoms with E-state index in [2.05, 4.69) is 15.2 Å². The average Bonchev–Trinajstić information content (AvgIpc) is 3.10. The molecule has 0 aliphatic carbocycles. The number of pyridine rings is 1. The van der Waals surface area contributed by atoms with Crippen LogP contribution in [0.5, 0.6) is 0 Å². The number of carbonyl (C=O) groups is 1. The number of morpholine rings is 1. The van der Waals surface area contributed by atoms with Crippen LogP contribution in [0.3, 0.4) is 0 Å². The van der Waals surface area contributed by atoms with Crippen LogP contribution in [0.2, 0.25) is 0 Å². The topological polar surface area (TPSA) is 54.5 Å². The first-order valence-electron chi connectivity index (χ1n) is 7.40. The number of nitrogens with zero attached hydrogens (tertiary/aromatic N) is 2. The molecule has 0 spiro atoms. The molecule has 3 rings (SSSR count). The van der Waals surface area contributed by atoms with Crippen molar-refractivity contribution in [2.45, 2.75) is 0 Å². The van der Waals surface area contributed by atoms with Crippen molar-refractivity contribution in [3.05, 3.63) is 40.7 Å². The molecule has 5 nitrogen and oxygen atoms in total. The molecule has 0 atom stereocenters. The van der Waals surface area contributed by atoms with Gasteiger partial charge in [0.15, 0.2) is 0 Å². The van der Waals surface area contributed by atoms with E-state index < -0.39 is 0 Å². The maximum Gasteiger partial charge on any atom is 0.251 e. The van der Waals surface area contributed by atoms with Crippen molar-refractivity contribution in [1.29, 1.82) is 0 Å². The number of nitrogens with one attached hydrogen (secondary N) is 1. The summed E-state index contributed by atoms with van der Waals surface area (Å²) >= 11 is 1.62. The van der Waals surface area contributed by atoms with Gasteiger partial charge in [0, 0.05) is 48.9 Å². The van der Waals surface area contributed by atoms with Crippen LogP contribution in [-0.4, -0.2) is 55.2 Å². The lowest BCUT2D eigenvalue weighted by atomic mass is 10.1. The molecule has 3 heterocycles. The minimum Gasteiger partial charge on any atom is -0.379 e. The van der Waals surface area contributed by atoms with E-state index in [9.17, 15) is 4.79 Å². The quantitative estimate of drug-likeness (QED) is 0.915. The van der Waals surface area contributed by atoms with Crippen molar-refractivity contribution in [2.24, 2.45) is 0 Å². The number of thiophene rings is 1. The van der Waals surface area contributed by atoms with E-state index in [1.165, 1.54) is 0 Å². The molecular weight excluding hydrogens is 298 g/mol. The Balaban J connectivity index is 1.54. The first-order chi connectivity index (χ1) is 10.8. The summed E-state index contributed by atoms with van der Waals surface area (Å²) in [4.78, 5) is 18.8. The van der Waals surface area contributed by atoms with Crippen molar-refractivity contribution in [2.75, 3.05) is 39.4 Å². The SMILES string of the molecule is O=C(NCCN1CCOCC1)c1ccnc(-c2ccsc2)c1. The molecular formula is C16H19N3O2S. The largest absolute Gasteiger partial charge is 0.379 e. The van der Waals surface area contributed by atoms with Gasteiger partial charge in [-0.15, -0.1) is 0 Å². The molecule has 1 fully saturated rings. The van der Waals surface area contributed by atoms with Crippen LogP contribution >= 0.6 is 11.3 Å². The van der Waals surface area contributed by atoms with Crippen LogP contribution in [0.25, 0.3) is 11.3 Å². The zero-order chi connectivity index (χ0) is 15.2. The Morgan fingerprint density at radius 2 is 2.23 bits per heavy atom. The predicted molar refractivity (Wildman–Crippen MR) is 87.1 cm³/mol. The summed E-state index contributed by atoms with van der Waals surface area (Å²) in [5.74, 6) is -0.0489. The van der Waals surface area contributed by atoms with Gasteiger partial charge in [0.25, 0.3) is 5.91 Å². The van der Waals surface area contributed by atoms with Gasteiger partial charge >= 0.3 is 0 Å². The van der Waals surface area contributed by atoms with E-state index in [-0.39, 0.29) is 5.91 Å². The van der Waals surface area contributed by atoms with Gasteiger partial charge < -0.3 is 10.1 Å². The summed E-state index contributed by atoms with van der Waals surface area (Å²) < 4.78 is 5.31. The first-order valence-corrected chi connectivity index (χ1v) is 8.34. The smallest absolute Gasteiger partial charge is 0.251 e. The molecule has 2 aromatic heterocycles. The third-order valence-corrected chi connectivity index (χ3v) is 4.34. The summed E-state index contributed by atoms with van der Waals surface area (Å²) in [6, 6.07) is 5.60. The van der Waals surface area contributed by atoms with Gasteiger partial charge in [0.1, 0.15) is 0 Å². The van der Waals surface area contributed by atoms with Crippen LogP contribution in [0.1, 0.15) is 10.4 Å². The highest BCUT2D eigenvalue weighted by Gasteiger charge is 2.11. The maximum absolute atomic E-state index is 12.2. The lowest BCUT2D eigenvalue weighted by molar-refractivity contribution is 0.0383. The molecule has 0 saturated carbocycles. The Bertz CT molecular complexity index is 610. The molecule has 0 aromatic carbocycles. The van der Waals surface area contributed by atoms with Crippen LogP contribution in [-0.2, 0) is 4.74 Å². The normalized spacial score (nSPS) is 15.6. The highest BCUT2D eigenvalue weighted by atomic mass is 32.1. The van der Waals surface area contributed by atoms with Gasteiger partial charge in [-0.25, -0.2) is 0 Å². The molecule has 1 amide bonds. The Kier molecular flexibility index (Phi) is 5.15. The molecule has 22 heavy (non-hydrogen) atoms. The second-order valence-corrected chi connectivity index (χ2v) is 5.93. The molecule has 1 N–H and O–H groups in total. The zero-order valence-electron chi connectivity index (χ0n) is 12.3. The molecule has 0 bridgehead atoms. The minimum atomic E-state index is -0.0489. The highest BCUT2D eigenvalue weighted by Crippen LogP contribution is 2.20. The number of hydrogen-bond donors (Lipinski definition) is 1. The Morgan fingerprint density at radius 1 is 1.36 bits per heavy atom. The van der Waals surface area contributed by atoms with E-state index in [1.54, 1.807) is 23.6 Å². The highest BCUT2D eigenvalue weighted by molar-refractivity contribution is 7.08. The standard InChI is InChI=1S/C16H19N3O2S/c20-16(18-4-5-19-6-8-21-9-7-19)13-1-3-17-15(11-13)14-2-10-22-12-14/h1-3,10-12H,4-9H2,(H,18,20). The Labute approximate surface area is 133 Å². The first kappa shape index (κ1) is 15.1. The monoisotopic (exact) mass is 317 g/mol. The number of hydrogen-bond acceptors (Lipinski definition) is 5. The van der Waals surface area contributed by atoms with Crippen molar-refractivity contribution in [3.8, 4) is 11.3 Å². The van der Waals surface area contributed by atoms with Crippen LogP contribution < -0.4 is 5.32 Å². The molecule has 0 radical (unpaired) electrons. The third kappa shape index (κ3) is 3.91. The number of carbonyl (C=O) groups excluding carboxylic acids is 1. The lowest BCUT2D eigenvalue weighted by Gasteiger charge is -2.26. The fraction of sp³-hybridized carbons (Fsp3) is 0.375. The zero-order valence-corrected chi connectivity index (χ0v) is 13.1. The van der Waals surface area contributed by atoms with Gasteiger partial charge in [0.05, 0.1) is 18.9 Å². The molecule has 1 aliphatic rings. The van der Waals surface area contributed by atoms with Crippen LogP contribution in [0.4, 0.5) is 0 Å². The van der Waals surface area contributed by atoms with E-state index in [0.717, 1.165) is 44.1 Å². The number of aromatic nitrogens is 1. The van der Waals surface area contributed by atoms with Gasteiger partial charge in [-0.3, -0.25) is 14.7 Å². The second-order valence-electron chi connectivity index (χ2n) is 5.15. The molecule has 6 heteroatoms. The Morgan fingerprint density at radius 3 is 3.00 bits per heavy atom. The molecule has 0 unspecified atom stereocenters. The number of rotatable bonds is 5. The van der Waals surface area contributed by atoms with Crippen LogP contribution in [0.15, 0.2) is 35.2 Å². The molecule has 116 valence electrons. The van der Waals surface area contributed by atoms with Crippen LogP contribution in [0, 0.1) is 0 Å². The van der Waals surface area contributed by atoms with Gasteiger partial charge in [-0.05, 0) is 23.6 Å². The van der Waals surface area contributed by atoms with Crippen molar-refractivity contribution in [1.82, 2.24) is 15.2 Å². The fourth-order valence-corrected chi connectivity index (χ4v) is 3.04. The number of ether oxygens (including phenoxy) is 1. The fourth-order valence-electron chi connectivity index (χ4n) is 2.39. The summed E-state index contributed by atoms with van der Waals surface area (Å²) in [6.45, 7) is 4.94. The van der Waals surface area contributed by atoms with E-state index in [4.69, 9.17) is 4.74 Å². The van der Waals surface area contributed by atoms with Gasteiger partial charge in [-0.1, -0.05) is 0 Å². The third-order valence-electron chi connectivity index (χ3n) is 3.66. The molecule has 1 aliphatic heterocycles. The average molecular weight is 317 g/mol. The maximum atomic E-state index is 12.2. The van der Waals surface area contributed by atoms with Gasteiger partial charge in [0.2, 0.25) is 0 Å². The summed E-state index contributed by atoms with van der Waals surface area (Å²) in [6.07, 6.45) is 1.68. The lowest BCUT2D eigenvalue weighted by Crippen LogP contribution is -2.41.